The summed E-state index contributed by atoms with van der Waals surface area (Å²) >= 11 is 4.88. The van der Waals surface area contributed by atoms with Gasteiger partial charge >= 0.3 is 0 Å². The largest absolute Gasteiger partial charge is 0.297 e. The van der Waals surface area contributed by atoms with Crippen molar-refractivity contribution in [2.24, 2.45) is 0 Å². The fourth-order valence-corrected chi connectivity index (χ4v) is 2.35. The van der Waals surface area contributed by atoms with Gasteiger partial charge in [0.05, 0.1) is 4.88 Å². The summed E-state index contributed by atoms with van der Waals surface area (Å²) in [4.78, 5) is 11.3. The van der Waals surface area contributed by atoms with Crippen LogP contribution in [0.1, 0.15) is 9.67 Å². The number of hydrogen-bond acceptors (Lipinski definition) is 2. The van der Waals surface area contributed by atoms with E-state index in [4.69, 9.17) is 0 Å². The van der Waals surface area contributed by atoms with Gasteiger partial charge < -0.3 is 0 Å². The molecule has 0 spiro atoms. The minimum absolute atomic E-state index is 0.764. The van der Waals surface area contributed by atoms with E-state index in [-0.39, 0.29) is 0 Å². The summed E-state index contributed by atoms with van der Waals surface area (Å²) in [6.07, 6.45) is 0.881. The van der Waals surface area contributed by atoms with Gasteiger partial charge in [0.1, 0.15) is 0 Å². The van der Waals surface area contributed by atoms with E-state index >= 15 is 0 Å². The third-order valence-corrected chi connectivity index (χ3v) is 3.25. The maximum atomic E-state index is 10.5. The van der Waals surface area contributed by atoms with Crippen molar-refractivity contribution in [2.45, 2.75) is 0 Å². The number of carbonyl (C=O) groups excluding carboxylic acids is 1. The highest BCUT2D eigenvalue weighted by Gasteiger charge is 2.01. The lowest BCUT2D eigenvalue weighted by molar-refractivity contribution is 0.112. The normalized spacial score (nSPS) is 10.1. The Morgan fingerprint density at radius 2 is 2.07 bits per heavy atom. The summed E-state index contributed by atoms with van der Waals surface area (Å²) in [5.41, 5.74) is 2.22. The highest BCUT2D eigenvalue weighted by atomic mass is 79.9. The van der Waals surface area contributed by atoms with Crippen LogP contribution in [-0.2, 0) is 0 Å². The number of halogens is 1. The first-order valence-corrected chi connectivity index (χ1v) is 5.76. The van der Waals surface area contributed by atoms with Crippen LogP contribution in [0.15, 0.2) is 40.2 Å². The summed E-state index contributed by atoms with van der Waals surface area (Å²) in [7, 11) is 0. The van der Waals surface area contributed by atoms with Crippen molar-refractivity contribution in [3.8, 4) is 11.1 Å². The molecule has 1 aromatic carbocycles. The van der Waals surface area contributed by atoms with Gasteiger partial charge in [-0.15, -0.1) is 11.3 Å². The summed E-state index contributed by atoms with van der Waals surface area (Å²) in [5, 5.41) is 1.99. The standard InChI is InChI=1S/C11H7BrOS/c12-10-3-1-2-8(4-10)9-5-11(6-13)14-7-9/h1-7H. The highest BCUT2D eigenvalue weighted by molar-refractivity contribution is 9.10. The molecule has 14 heavy (non-hydrogen) atoms. The minimum Gasteiger partial charge on any atom is -0.297 e. The van der Waals surface area contributed by atoms with Gasteiger partial charge in [-0.2, -0.15) is 0 Å². The molecule has 0 bridgehead atoms. The van der Waals surface area contributed by atoms with Gasteiger partial charge in [0.15, 0.2) is 6.29 Å². The quantitative estimate of drug-likeness (QED) is 0.752. The molecule has 0 aliphatic rings. The third-order valence-electron chi connectivity index (χ3n) is 1.89. The molecule has 70 valence electrons. The Kier molecular flexibility index (Phi) is 2.79. The molecule has 0 amide bonds. The summed E-state index contributed by atoms with van der Waals surface area (Å²) in [5.74, 6) is 0. The van der Waals surface area contributed by atoms with Crippen LogP contribution in [0, 0.1) is 0 Å². The predicted molar refractivity (Wildman–Crippen MR) is 62.8 cm³/mol. The first-order chi connectivity index (χ1) is 6.79. The van der Waals surface area contributed by atoms with Crippen LogP contribution in [-0.4, -0.2) is 6.29 Å². The molecule has 0 saturated carbocycles. The maximum absolute atomic E-state index is 10.5. The Balaban J connectivity index is 2.43. The van der Waals surface area contributed by atoms with Gasteiger partial charge in [0, 0.05) is 4.47 Å². The second-order valence-corrected chi connectivity index (χ2v) is 4.72. The molecule has 2 rings (SSSR count). The Morgan fingerprint density at radius 3 is 2.71 bits per heavy atom. The number of thiophene rings is 1. The summed E-state index contributed by atoms with van der Waals surface area (Å²) in [6, 6.07) is 9.94. The molecule has 0 aliphatic carbocycles. The molecule has 0 fully saturated rings. The molecule has 2 aromatic rings. The highest BCUT2D eigenvalue weighted by Crippen LogP contribution is 2.26. The Hall–Kier alpha value is -0.930. The van der Waals surface area contributed by atoms with Crippen molar-refractivity contribution < 1.29 is 4.79 Å². The van der Waals surface area contributed by atoms with Crippen molar-refractivity contribution in [3.05, 3.63) is 45.1 Å². The van der Waals surface area contributed by atoms with Crippen LogP contribution >= 0.6 is 27.3 Å². The van der Waals surface area contributed by atoms with E-state index in [9.17, 15) is 4.79 Å². The number of carbonyl (C=O) groups is 1. The molecule has 1 heterocycles. The number of aldehydes is 1. The van der Waals surface area contributed by atoms with Crippen molar-refractivity contribution in [3.63, 3.8) is 0 Å². The van der Waals surface area contributed by atoms with Crippen molar-refractivity contribution in [1.29, 1.82) is 0 Å². The van der Waals surface area contributed by atoms with E-state index in [1.165, 1.54) is 11.3 Å². The third kappa shape index (κ3) is 1.94. The van der Waals surface area contributed by atoms with E-state index in [2.05, 4.69) is 15.9 Å². The van der Waals surface area contributed by atoms with E-state index in [0.717, 1.165) is 26.8 Å². The van der Waals surface area contributed by atoms with Gasteiger partial charge in [0.2, 0.25) is 0 Å². The zero-order chi connectivity index (χ0) is 9.97. The van der Waals surface area contributed by atoms with E-state index < -0.39 is 0 Å². The SMILES string of the molecule is O=Cc1cc(-c2cccc(Br)c2)cs1. The summed E-state index contributed by atoms with van der Waals surface area (Å²) < 4.78 is 1.05. The van der Waals surface area contributed by atoms with Crippen LogP contribution in [0.25, 0.3) is 11.1 Å². The van der Waals surface area contributed by atoms with Gasteiger partial charge in [-0.1, -0.05) is 28.1 Å². The molecular formula is C11H7BrOS. The second-order valence-electron chi connectivity index (χ2n) is 2.87. The van der Waals surface area contributed by atoms with Crippen LogP contribution in [0.3, 0.4) is 0 Å². The fourth-order valence-electron chi connectivity index (χ4n) is 1.23. The van der Waals surface area contributed by atoms with Gasteiger partial charge in [0.25, 0.3) is 0 Å². The van der Waals surface area contributed by atoms with Gasteiger partial charge in [-0.25, -0.2) is 0 Å². The second kappa shape index (κ2) is 4.07. The molecular weight excluding hydrogens is 260 g/mol. The van der Waals surface area contributed by atoms with Crippen LogP contribution in [0.2, 0.25) is 0 Å². The monoisotopic (exact) mass is 266 g/mol. The molecule has 1 aromatic heterocycles. The molecule has 0 unspecified atom stereocenters. The molecule has 1 nitrogen and oxygen atoms in total. The van der Waals surface area contributed by atoms with Crippen LogP contribution in [0.4, 0.5) is 0 Å². The van der Waals surface area contributed by atoms with Gasteiger partial charge in [-0.05, 0) is 34.7 Å². The van der Waals surface area contributed by atoms with E-state index in [1.54, 1.807) is 0 Å². The Labute approximate surface area is 94.5 Å². The minimum atomic E-state index is 0.764. The summed E-state index contributed by atoms with van der Waals surface area (Å²) in [6.45, 7) is 0. The molecule has 0 atom stereocenters. The molecule has 3 heteroatoms. The number of hydrogen-bond donors (Lipinski definition) is 0. The lowest BCUT2D eigenvalue weighted by Gasteiger charge is -1.97. The fraction of sp³-hybridized carbons (Fsp3) is 0. The Bertz CT molecular complexity index is 462. The van der Waals surface area contributed by atoms with Crippen LogP contribution in [0.5, 0.6) is 0 Å². The topological polar surface area (TPSA) is 17.1 Å². The Morgan fingerprint density at radius 1 is 1.21 bits per heavy atom. The number of benzene rings is 1. The number of rotatable bonds is 2. The molecule has 0 radical (unpaired) electrons. The maximum Gasteiger partial charge on any atom is 0.160 e. The average Bonchev–Trinajstić information content (AvgIpc) is 2.66. The zero-order valence-corrected chi connectivity index (χ0v) is 9.64. The average molecular weight is 267 g/mol. The first kappa shape index (κ1) is 9.62. The first-order valence-electron chi connectivity index (χ1n) is 4.09. The van der Waals surface area contributed by atoms with Crippen molar-refractivity contribution >= 4 is 33.6 Å². The lowest BCUT2D eigenvalue weighted by Crippen LogP contribution is -1.73. The van der Waals surface area contributed by atoms with Crippen molar-refractivity contribution in [1.82, 2.24) is 0 Å². The van der Waals surface area contributed by atoms with E-state index in [1.807, 2.05) is 35.7 Å². The van der Waals surface area contributed by atoms with E-state index in [0.29, 0.717) is 0 Å². The molecule has 0 aliphatic heterocycles. The predicted octanol–water partition coefficient (Wildman–Crippen LogP) is 3.99. The lowest BCUT2D eigenvalue weighted by atomic mass is 10.1. The smallest absolute Gasteiger partial charge is 0.160 e. The van der Waals surface area contributed by atoms with Crippen molar-refractivity contribution in [2.75, 3.05) is 0 Å². The molecule has 0 N–H and O–H groups in total. The van der Waals surface area contributed by atoms with Crippen LogP contribution < -0.4 is 0 Å². The molecule has 0 saturated heterocycles. The zero-order valence-electron chi connectivity index (χ0n) is 7.24. The van der Waals surface area contributed by atoms with Gasteiger partial charge in [-0.3, -0.25) is 4.79 Å².